The van der Waals surface area contributed by atoms with Crippen molar-refractivity contribution >= 4 is 11.9 Å². The third-order valence-electron chi connectivity index (χ3n) is 8.47. The van der Waals surface area contributed by atoms with E-state index in [1.807, 2.05) is 18.2 Å². The average Bonchev–Trinajstić information content (AvgIpc) is 3.07. The van der Waals surface area contributed by atoms with Gasteiger partial charge in [-0.1, -0.05) is 82.3 Å². The van der Waals surface area contributed by atoms with Gasteiger partial charge in [0.1, 0.15) is 11.5 Å². The number of hydrogen-bond donors (Lipinski definition) is 2. The molecule has 6 nitrogen and oxygen atoms in total. The van der Waals surface area contributed by atoms with Gasteiger partial charge in [-0.2, -0.15) is 0 Å². The van der Waals surface area contributed by atoms with Gasteiger partial charge in [0, 0.05) is 35.8 Å². The molecule has 3 aromatic carbocycles. The van der Waals surface area contributed by atoms with E-state index in [-0.39, 0.29) is 30.3 Å². The summed E-state index contributed by atoms with van der Waals surface area (Å²) >= 11 is 0. The van der Waals surface area contributed by atoms with Crippen molar-refractivity contribution in [3.8, 4) is 22.6 Å². The molecular weight excluding hydrogens is 588 g/mol. The van der Waals surface area contributed by atoms with E-state index in [4.69, 9.17) is 9.47 Å². The highest BCUT2D eigenvalue weighted by Crippen LogP contribution is 2.40. The summed E-state index contributed by atoms with van der Waals surface area (Å²) < 4.78 is 11.8. The molecule has 0 saturated carbocycles. The molecular formula is C41H52O6. The molecule has 0 aliphatic carbocycles. The van der Waals surface area contributed by atoms with Crippen molar-refractivity contribution < 1.29 is 29.3 Å². The lowest BCUT2D eigenvalue weighted by Crippen LogP contribution is -2.13. The monoisotopic (exact) mass is 640 g/mol. The number of benzene rings is 3. The van der Waals surface area contributed by atoms with Crippen molar-refractivity contribution in [2.24, 2.45) is 5.92 Å². The lowest BCUT2D eigenvalue weighted by molar-refractivity contribution is -0.131. The molecule has 252 valence electrons. The van der Waals surface area contributed by atoms with Gasteiger partial charge in [-0.15, -0.1) is 0 Å². The zero-order valence-electron chi connectivity index (χ0n) is 28.7. The number of esters is 2. The second-order valence-corrected chi connectivity index (χ2v) is 12.5. The average molecular weight is 641 g/mol. The van der Waals surface area contributed by atoms with Crippen molar-refractivity contribution in [3.05, 3.63) is 107 Å². The molecule has 0 aromatic heterocycles. The Labute approximate surface area is 281 Å². The van der Waals surface area contributed by atoms with E-state index in [0.29, 0.717) is 29.9 Å². The van der Waals surface area contributed by atoms with Crippen LogP contribution in [0.1, 0.15) is 87.6 Å². The zero-order chi connectivity index (χ0) is 34.3. The highest BCUT2D eigenvalue weighted by atomic mass is 16.5. The number of rotatable bonds is 19. The minimum absolute atomic E-state index is 0.0268. The van der Waals surface area contributed by atoms with Crippen LogP contribution < -0.4 is 9.47 Å². The lowest BCUT2D eigenvalue weighted by atomic mass is 9.91. The molecule has 3 aromatic rings. The number of aryl methyl sites for hydroxylation is 5. The van der Waals surface area contributed by atoms with Gasteiger partial charge in [0.05, 0.1) is 0 Å². The van der Waals surface area contributed by atoms with E-state index in [1.54, 1.807) is 19.9 Å². The maximum Gasteiger partial charge on any atom is 0.338 e. The van der Waals surface area contributed by atoms with Gasteiger partial charge in [0.25, 0.3) is 0 Å². The number of ether oxygens (including phenoxy) is 2. The summed E-state index contributed by atoms with van der Waals surface area (Å²) in [6, 6.07) is 18.5. The Balaban J connectivity index is 2.01. The van der Waals surface area contributed by atoms with E-state index >= 15 is 0 Å². The minimum Gasteiger partial charge on any atom is -0.423 e. The van der Waals surface area contributed by atoms with Gasteiger partial charge in [-0.3, -0.25) is 0 Å². The number of aliphatic hydroxyl groups excluding tert-OH is 2. The van der Waals surface area contributed by atoms with Crippen LogP contribution in [0.5, 0.6) is 11.5 Å². The number of hydrogen-bond acceptors (Lipinski definition) is 6. The number of carbonyl (C=O) groups is 2. The predicted octanol–water partition coefficient (Wildman–Crippen LogP) is 8.32. The van der Waals surface area contributed by atoms with E-state index < -0.39 is 11.9 Å². The first-order valence-corrected chi connectivity index (χ1v) is 16.9. The molecule has 0 unspecified atom stereocenters. The summed E-state index contributed by atoms with van der Waals surface area (Å²) in [6.45, 7) is 15.0. The predicted molar refractivity (Wildman–Crippen MR) is 190 cm³/mol. The molecule has 0 fully saturated rings. The van der Waals surface area contributed by atoms with Crippen LogP contribution in [0.15, 0.2) is 78.9 Å². The first-order chi connectivity index (χ1) is 22.6. The highest BCUT2D eigenvalue weighted by molar-refractivity contribution is 5.92. The van der Waals surface area contributed by atoms with Gasteiger partial charge in [0.2, 0.25) is 0 Å². The number of unbranched alkanes of at least 4 members (excludes halogenated alkanes) is 2. The van der Waals surface area contributed by atoms with E-state index in [9.17, 15) is 19.8 Å². The Bertz CT molecular complexity index is 1510. The first kappa shape index (κ1) is 37.5. The van der Waals surface area contributed by atoms with Crippen molar-refractivity contribution in [1.82, 2.24) is 0 Å². The quantitative estimate of drug-likeness (QED) is 0.0593. The second kappa shape index (κ2) is 19.0. The number of aliphatic hydroxyl groups is 2. The molecule has 0 aliphatic rings. The molecule has 3 rings (SSSR count). The Kier molecular flexibility index (Phi) is 15.1. The zero-order valence-corrected chi connectivity index (χ0v) is 28.7. The largest absolute Gasteiger partial charge is 0.423 e. The summed E-state index contributed by atoms with van der Waals surface area (Å²) in [4.78, 5) is 25.6. The first-order valence-electron chi connectivity index (χ1n) is 16.9. The lowest BCUT2D eigenvalue weighted by Gasteiger charge is -2.19. The molecule has 2 N–H and O–H groups in total. The highest BCUT2D eigenvalue weighted by Gasteiger charge is 2.21. The summed E-state index contributed by atoms with van der Waals surface area (Å²) in [7, 11) is 0. The molecule has 0 saturated heterocycles. The van der Waals surface area contributed by atoms with Crippen molar-refractivity contribution in [2.45, 2.75) is 91.9 Å². The van der Waals surface area contributed by atoms with Crippen LogP contribution in [-0.4, -0.2) is 35.4 Å². The second-order valence-electron chi connectivity index (χ2n) is 12.5. The molecule has 0 heterocycles. The molecule has 0 bridgehead atoms. The van der Waals surface area contributed by atoms with Crippen LogP contribution in [0.4, 0.5) is 0 Å². The van der Waals surface area contributed by atoms with Gasteiger partial charge < -0.3 is 19.7 Å². The van der Waals surface area contributed by atoms with Crippen LogP contribution in [0.3, 0.4) is 0 Å². The number of carbonyl (C=O) groups excluding carboxylic acids is 2. The van der Waals surface area contributed by atoms with Crippen molar-refractivity contribution in [1.29, 1.82) is 0 Å². The molecule has 0 atom stereocenters. The Morgan fingerprint density at radius 2 is 1.23 bits per heavy atom. The van der Waals surface area contributed by atoms with Crippen molar-refractivity contribution in [2.75, 3.05) is 13.2 Å². The van der Waals surface area contributed by atoms with Crippen molar-refractivity contribution in [3.63, 3.8) is 0 Å². The van der Waals surface area contributed by atoms with Gasteiger partial charge in [0.15, 0.2) is 0 Å². The minimum atomic E-state index is -0.528. The van der Waals surface area contributed by atoms with Crippen LogP contribution in [-0.2, 0) is 41.7 Å². The van der Waals surface area contributed by atoms with Crippen LogP contribution in [0.2, 0.25) is 0 Å². The fraction of sp³-hybridized carbons (Fsp3) is 0.415. The smallest absolute Gasteiger partial charge is 0.338 e. The molecule has 0 aliphatic heterocycles. The van der Waals surface area contributed by atoms with E-state index in [0.717, 1.165) is 54.4 Å². The van der Waals surface area contributed by atoms with Crippen LogP contribution in [0.25, 0.3) is 11.1 Å². The Morgan fingerprint density at radius 1 is 0.660 bits per heavy atom. The molecule has 6 heteroatoms. The summed E-state index contributed by atoms with van der Waals surface area (Å²) in [6.07, 6.45) is 9.06. The molecule has 0 amide bonds. The summed E-state index contributed by atoms with van der Waals surface area (Å²) in [5.74, 6) is -0.371. The standard InChI is InChI=1S/C41H52O6/c1-7-9-10-12-30-15-17-31(18-16-30)19-21-35-24-39(47-41(45)29(5)6)37(25-38(35)46-40(44)28(3)4)36-22-20-32(23-34(36)8-2)13-11-14-33(26-42)27-43/h15-18,20,22-25,33,42-43H,3,5,7-14,19,21,26-27H2,1-2,4,6H3. The maximum absolute atomic E-state index is 12.8. The van der Waals surface area contributed by atoms with Gasteiger partial charge >= 0.3 is 11.9 Å². The van der Waals surface area contributed by atoms with Crippen LogP contribution >= 0.6 is 0 Å². The fourth-order valence-corrected chi connectivity index (χ4v) is 5.49. The normalized spacial score (nSPS) is 11.0. The van der Waals surface area contributed by atoms with Gasteiger partial charge in [-0.25, -0.2) is 9.59 Å². The molecule has 47 heavy (non-hydrogen) atoms. The Hall–Kier alpha value is -4.00. The molecule has 0 spiro atoms. The Morgan fingerprint density at radius 3 is 1.81 bits per heavy atom. The third kappa shape index (κ3) is 11.3. The van der Waals surface area contributed by atoms with Crippen LogP contribution in [0, 0.1) is 5.92 Å². The SMILES string of the molecule is C=C(C)C(=O)Oc1cc(-c2ccc(CCCC(CO)CO)cc2CC)c(OC(=O)C(=C)C)cc1CCc1ccc(CCCCC)cc1. The third-order valence-corrected chi connectivity index (χ3v) is 8.47. The van der Waals surface area contributed by atoms with E-state index in [1.165, 1.54) is 30.4 Å². The fourth-order valence-electron chi connectivity index (χ4n) is 5.49. The summed E-state index contributed by atoms with van der Waals surface area (Å²) in [5.41, 5.74) is 7.53. The molecule has 0 radical (unpaired) electrons. The topological polar surface area (TPSA) is 93.1 Å². The maximum atomic E-state index is 12.8. The van der Waals surface area contributed by atoms with E-state index in [2.05, 4.69) is 57.3 Å². The van der Waals surface area contributed by atoms with Gasteiger partial charge in [-0.05, 0) is 111 Å². The summed E-state index contributed by atoms with van der Waals surface area (Å²) in [5, 5.41) is 18.8.